The summed E-state index contributed by atoms with van der Waals surface area (Å²) in [6.07, 6.45) is 0. The SMILES string of the molecule is O=C(Nc1ccccc1C#CCO)c1cc(Cl)c(Cl)[nH]1. The van der Waals surface area contributed by atoms with Gasteiger partial charge >= 0.3 is 0 Å². The summed E-state index contributed by atoms with van der Waals surface area (Å²) in [5.41, 5.74) is 1.41. The van der Waals surface area contributed by atoms with Gasteiger partial charge in [-0.1, -0.05) is 47.2 Å². The molecule has 4 nitrogen and oxygen atoms in total. The molecule has 2 aromatic rings. The number of H-pyrrole nitrogens is 1. The smallest absolute Gasteiger partial charge is 0.272 e. The van der Waals surface area contributed by atoms with E-state index in [1.807, 2.05) is 0 Å². The fourth-order valence-electron chi connectivity index (χ4n) is 1.55. The highest BCUT2D eigenvalue weighted by Gasteiger charge is 2.12. The molecule has 0 atom stereocenters. The Kier molecular flexibility index (Phi) is 4.70. The lowest BCUT2D eigenvalue weighted by atomic mass is 10.2. The normalized spacial score (nSPS) is 9.75. The third-order valence-corrected chi connectivity index (χ3v) is 3.14. The third kappa shape index (κ3) is 3.34. The van der Waals surface area contributed by atoms with Crippen molar-refractivity contribution >= 4 is 34.8 Å². The van der Waals surface area contributed by atoms with E-state index in [-0.39, 0.29) is 28.4 Å². The number of aromatic nitrogens is 1. The molecule has 1 amide bonds. The maximum absolute atomic E-state index is 12.0. The number of hydrogen-bond donors (Lipinski definition) is 3. The van der Waals surface area contributed by atoms with E-state index in [1.165, 1.54) is 6.07 Å². The molecule has 0 spiro atoms. The van der Waals surface area contributed by atoms with E-state index in [1.54, 1.807) is 24.3 Å². The van der Waals surface area contributed by atoms with Crippen molar-refractivity contribution in [3.8, 4) is 11.8 Å². The molecule has 3 N–H and O–H groups in total. The molecule has 6 heteroatoms. The Morgan fingerprint density at radius 1 is 1.35 bits per heavy atom. The zero-order valence-electron chi connectivity index (χ0n) is 10.2. The molecule has 102 valence electrons. The lowest BCUT2D eigenvalue weighted by molar-refractivity contribution is 0.102. The number of nitrogens with one attached hydrogen (secondary N) is 2. The number of anilines is 1. The summed E-state index contributed by atoms with van der Waals surface area (Å²) in [5, 5.41) is 11.9. The quantitative estimate of drug-likeness (QED) is 0.747. The van der Waals surface area contributed by atoms with Crippen LogP contribution in [0.5, 0.6) is 0 Å². The van der Waals surface area contributed by atoms with E-state index in [0.717, 1.165) is 0 Å². The molecule has 2 rings (SSSR count). The number of rotatable bonds is 2. The van der Waals surface area contributed by atoms with E-state index < -0.39 is 0 Å². The number of aliphatic hydroxyl groups is 1. The highest BCUT2D eigenvalue weighted by molar-refractivity contribution is 6.41. The molecule has 0 aliphatic heterocycles. The Bertz CT molecular complexity index is 679. The van der Waals surface area contributed by atoms with Crippen LogP contribution in [-0.4, -0.2) is 22.6 Å². The minimum atomic E-state index is -0.378. The van der Waals surface area contributed by atoms with Crippen LogP contribution in [0.25, 0.3) is 0 Å². The van der Waals surface area contributed by atoms with Crippen molar-refractivity contribution in [2.45, 2.75) is 0 Å². The molecule has 1 heterocycles. The topological polar surface area (TPSA) is 65.1 Å². The average molecular weight is 309 g/mol. The standard InChI is InChI=1S/C14H10Cl2N2O2/c15-10-8-12(17-13(10)16)14(20)18-11-6-2-1-4-9(11)5-3-7-19/h1-2,4,6,8,17,19H,7H2,(H,18,20). The Morgan fingerprint density at radius 3 is 2.75 bits per heavy atom. The van der Waals surface area contributed by atoms with Gasteiger partial charge in [0.25, 0.3) is 5.91 Å². The van der Waals surface area contributed by atoms with Crippen molar-refractivity contribution < 1.29 is 9.90 Å². The van der Waals surface area contributed by atoms with Crippen molar-refractivity contribution in [2.75, 3.05) is 11.9 Å². The lowest BCUT2D eigenvalue weighted by Gasteiger charge is -2.06. The molecule has 0 aliphatic rings. The summed E-state index contributed by atoms with van der Waals surface area (Å²) in [7, 11) is 0. The van der Waals surface area contributed by atoms with Gasteiger partial charge in [-0.15, -0.1) is 0 Å². The number of aliphatic hydroxyl groups excluding tert-OH is 1. The van der Waals surface area contributed by atoms with E-state index in [9.17, 15) is 4.79 Å². The molecule has 0 unspecified atom stereocenters. The van der Waals surface area contributed by atoms with Gasteiger partial charge in [-0.2, -0.15) is 0 Å². The summed E-state index contributed by atoms with van der Waals surface area (Å²) in [4.78, 5) is 14.7. The minimum Gasteiger partial charge on any atom is -0.384 e. The van der Waals surface area contributed by atoms with E-state index in [2.05, 4.69) is 22.1 Å². The van der Waals surface area contributed by atoms with Gasteiger partial charge in [0, 0.05) is 5.56 Å². The molecule has 0 aliphatic carbocycles. The summed E-state index contributed by atoms with van der Waals surface area (Å²) in [6, 6.07) is 8.47. The van der Waals surface area contributed by atoms with Gasteiger partial charge in [-0.25, -0.2) is 0 Å². The number of para-hydroxylation sites is 1. The van der Waals surface area contributed by atoms with Crippen LogP contribution in [0.1, 0.15) is 16.1 Å². The molecule has 0 saturated carbocycles. The van der Waals surface area contributed by atoms with Crippen LogP contribution >= 0.6 is 23.2 Å². The molecule has 0 fully saturated rings. The van der Waals surface area contributed by atoms with Crippen molar-refractivity contribution in [3.63, 3.8) is 0 Å². The lowest BCUT2D eigenvalue weighted by Crippen LogP contribution is -2.13. The second-order valence-electron chi connectivity index (χ2n) is 3.80. The Morgan fingerprint density at radius 2 is 2.10 bits per heavy atom. The third-order valence-electron chi connectivity index (χ3n) is 2.45. The fraction of sp³-hybridized carbons (Fsp3) is 0.0714. The van der Waals surface area contributed by atoms with Crippen molar-refractivity contribution in [2.24, 2.45) is 0 Å². The number of halogens is 2. The zero-order valence-corrected chi connectivity index (χ0v) is 11.7. The van der Waals surface area contributed by atoms with E-state index in [4.69, 9.17) is 28.3 Å². The average Bonchev–Trinajstić information content (AvgIpc) is 2.78. The number of carbonyl (C=O) groups excluding carboxylic acids is 1. The molecule has 1 aromatic carbocycles. The van der Waals surface area contributed by atoms with Gasteiger partial charge in [-0.3, -0.25) is 4.79 Å². The van der Waals surface area contributed by atoms with Gasteiger partial charge in [0.1, 0.15) is 17.5 Å². The highest BCUT2D eigenvalue weighted by Crippen LogP contribution is 2.23. The van der Waals surface area contributed by atoms with Crippen molar-refractivity contribution in [1.29, 1.82) is 0 Å². The first-order valence-corrected chi connectivity index (χ1v) is 6.41. The van der Waals surface area contributed by atoms with Crippen LogP contribution in [0.4, 0.5) is 5.69 Å². The van der Waals surface area contributed by atoms with E-state index >= 15 is 0 Å². The number of aromatic amines is 1. The Hall–Kier alpha value is -1.93. The van der Waals surface area contributed by atoms with Gasteiger partial charge in [0.05, 0.1) is 10.7 Å². The van der Waals surface area contributed by atoms with Gasteiger partial charge in [0.15, 0.2) is 0 Å². The summed E-state index contributed by atoms with van der Waals surface area (Å²) in [6.45, 7) is -0.246. The van der Waals surface area contributed by atoms with Gasteiger partial charge < -0.3 is 15.4 Å². The van der Waals surface area contributed by atoms with E-state index in [0.29, 0.717) is 11.3 Å². The maximum atomic E-state index is 12.0. The summed E-state index contributed by atoms with van der Waals surface area (Å²) >= 11 is 11.5. The molecule has 0 radical (unpaired) electrons. The maximum Gasteiger partial charge on any atom is 0.272 e. The first-order valence-electron chi connectivity index (χ1n) is 5.66. The molecule has 0 saturated heterocycles. The van der Waals surface area contributed by atoms with Crippen LogP contribution in [0.15, 0.2) is 30.3 Å². The minimum absolute atomic E-state index is 0.213. The molecule has 20 heavy (non-hydrogen) atoms. The summed E-state index contributed by atoms with van der Waals surface area (Å²) in [5.74, 6) is 4.92. The first kappa shape index (κ1) is 14.5. The monoisotopic (exact) mass is 308 g/mol. The predicted octanol–water partition coefficient (Wildman–Crippen LogP) is 2.92. The van der Waals surface area contributed by atoms with Crippen LogP contribution in [-0.2, 0) is 0 Å². The number of carbonyl (C=O) groups is 1. The van der Waals surface area contributed by atoms with Crippen molar-refractivity contribution in [1.82, 2.24) is 4.98 Å². The van der Waals surface area contributed by atoms with Crippen molar-refractivity contribution in [3.05, 3.63) is 51.8 Å². The first-order chi connectivity index (χ1) is 9.61. The van der Waals surface area contributed by atoms with Crippen LogP contribution in [0.2, 0.25) is 10.2 Å². The number of benzene rings is 1. The van der Waals surface area contributed by atoms with Crippen LogP contribution in [0, 0.1) is 11.8 Å². The predicted molar refractivity (Wildman–Crippen MR) is 79.2 cm³/mol. The largest absolute Gasteiger partial charge is 0.384 e. The molecule has 1 aromatic heterocycles. The van der Waals surface area contributed by atoms with Gasteiger partial charge in [-0.05, 0) is 18.2 Å². The Balaban J connectivity index is 2.23. The molecular formula is C14H10Cl2N2O2. The van der Waals surface area contributed by atoms with Gasteiger partial charge in [0.2, 0.25) is 0 Å². The highest BCUT2D eigenvalue weighted by atomic mass is 35.5. The summed E-state index contributed by atoms with van der Waals surface area (Å²) < 4.78 is 0. The fourth-order valence-corrected chi connectivity index (χ4v) is 1.86. The second-order valence-corrected chi connectivity index (χ2v) is 4.59. The molecular weight excluding hydrogens is 299 g/mol. The number of hydrogen-bond acceptors (Lipinski definition) is 2. The van der Waals surface area contributed by atoms with Crippen LogP contribution < -0.4 is 5.32 Å². The van der Waals surface area contributed by atoms with Crippen LogP contribution in [0.3, 0.4) is 0 Å². The Labute approximate surface area is 125 Å². The second kappa shape index (κ2) is 6.49. The number of amides is 1. The zero-order chi connectivity index (χ0) is 14.5. The molecule has 0 bridgehead atoms.